The molecule has 1 aliphatic carbocycles. The van der Waals surface area contributed by atoms with Crippen molar-refractivity contribution in [2.45, 2.75) is 58.9 Å². The first-order valence-electron chi connectivity index (χ1n) is 9.12. The minimum absolute atomic E-state index is 0.0832. The van der Waals surface area contributed by atoms with Gasteiger partial charge in [0.1, 0.15) is 5.75 Å². The first-order valence-corrected chi connectivity index (χ1v) is 9.12. The monoisotopic (exact) mass is 346 g/mol. The summed E-state index contributed by atoms with van der Waals surface area (Å²) in [5.74, 6) is -0.0105. The number of benzene rings is 1. The highest BCUT2D eigenvalue weighted by atomic mass is 16.5. The zero-order valence-electron chi connectivity index (χ0n) is 15.7. The van der Waals surface area contributed by atoms with E-state index in [-0.39, 0.29) is 6.04 Å². The van der Waals surface area contributed by atoms with Gasteiger partial charge in [0.25, 0.3) is 0 Å². The van der Waals surface area contributed by atoms with E-state index in [1.807, 2.05) is 6.07 Å². The van der Waals surface area contributed by atoms with E-state index in [2.05, 4.69) is 31.4 Å². The Bertz CT molecular complexity index is 605. The van der Waals surface area contributed by atoms with E-state index in [1.54, 1.807) is 18.2 Å². The van der Waals surface area contributed by atoms with Crippen LogP contribution in [0.1, 0.15) is 52.9 Å². The Labute approximate surface area is 150 Å². The highest BCUT2D eigenvalue weighted by Crippen LogP contribution is 2.40. The van der Waals surface area contributed by atoms with Crippen LogP contribution in [0.4, 0.5) is 5.69 Å². The highest BCUT2D eigenvalue weighted by Gasteiger charge is 2.32. The molecule has 1 saturated carbocycles. The molecule has 0 heterocycles. The average molecular weight is 346 g/mol. The quantitative estimate of drug-likeness (QED) is 0.798. The standard InChI is InChI=1S/C20H30N2O3/c1-5-20(2,3)14-10-12-15(13-11-14)21-18(23)19(24)22-16-8-6-7-9-17(16)25-4/h6-9,14-15H,5,10-13H2,1-4H3,(H,21,23)(H,22,24). The maximum absolute atomic E-state index is 12.2. The van der Waals surface area contributed by atoms with Gasteiger partial charge in [0.05, 0.1) is 12.8 Å². The molecule has 0 saturated heterocycles. The first-order chi connectivity index (χ1) is 11.9. The van der Waals surface area contributed by atoms with Crippen LogP contribution in [0.3, 0.4) is 0 Å². The lowest BCUT2D eigenvalue weighted by Gasteiger charge is -2.39. The number of hydrogen-bond acceptors (Lipinski definition) is 3. The fraction of sp³-hybridized carbons (Fsp3) is 0.600. The molecule has 5 nitrogen and oxygen atoms in total. The van der Waals surface area contributed by atoms with Crippen molar-refractivity contribution in [3.05, 3.63) is 24.3 Å². The summed E-state index contributed by atoms with van der Waals surface area (Å²) >= 11 is 0. The minimum atomic E-state index is -0.652. The molecule has 25 heavy (non-hydrogen) atoms. The van der Waals surface area contributed by atoms with E-state index in [0.717, 1.165) is 32.1 Å². The lowest BCUT2D eigenvalue weighted by Crippen LogP contribution is -2.44. The third-order valence-corrected chi connectivity index (χ3v) is 5.64. The maximum atomic E-state index is 12.2. The van der Waals surface area contributed by atoms with E-state index in [9.17, 15) is 9.59 Å². The van der Waals surface area contributed by atoms with Gasteiger partial charge < -0.3 is 15.4 Å². The van der Waals surface area contributed by atoms with Gasteiger partial charge in [-0.2, -0.15) is 0 Å². The number of nitrogens with one attached hydrogen (secondary N) is 2. The summed E-state index contributed by atoms with van der Waals surface area (Å²) < 4.78 is 5.18. The second-order valence-electron chi connectivity index (χ2n) is 7.52. The summed E-state index contributed by atoms with van der Waals surface area (Å²) in [6.07, 6.45) is 5.22. The normalized spacial score (nSPS) is 20.6. The lowest BCUT2D eigenvalue weighted by molar-refractivity contribution is -0.136. The van der Waals surface area contributed by atoms with Crippen molar-refractivity contribution in [3.8, 4) is 5.75 Å². The van der Waals surface area contributed by atoms with Crippen molar-refractivity contribution in [3.63, 3.8) is 0 Å². The van der Waals surface area contributed by atoms with Gasteiger partial charge in [-0.15, -0.1) is 0 Å². The van der Waals surface area contributed by atoms with Crippen molar-refractivity contribution in [2.24, 2.45) is 11.3 Å². The van der Waals surface area contributed by atoms with Crippen molar-refractivity contribution >= 4 is 17.5 Å². The van der Waals surface area contributed by atoms with Crippen molar-refractivity contribution in [2.75, 3.05) is 12.4 Å². The zero-order valence-corrected chi connectivity index (χ0v) is 15.7. The highest BCUT2D eigenvalue weighted by molar-refractivity contribution is 6.39. The summed E-state index contributed by atoms with van der Waals surface area (Å²) in [6.45, 7) is 6.87. The van der Waals surface area contributed by atoms with Gasteiger partial charge in [0.2, 0.25) is 0 Å². The van der Waals surface area contributed by atoms with Crippen molar-refractivity contribution < 1.29 is 14.3 Å². The van der Waals surface area contributed by atoms with Crippen LogP contribution in [0.5, 0.6) is 5.75 Å². The third-order valence-electron chi connectivity index (χ3n) is 5.64. The van der Waals surface area contributed by atoms with Gasteiger partial charge in [0.15, 0.2) is 0 Å². The number of hydrogen-bond donors (Lipinski definition) is 2. The number of carbonyl (C=O) groups is 2. The Morgan fingerprint density at radius 2 is 1.76 bits per heavy atom. The molecule has 138 valence electrons. The van der Waals surface area contributed by atoms with E-state index < -0.39 is 11.8 Å². The number of amides is 2. The number of ether oxygens (including phenoxy) is 1. The lowest BCUT2D eigenvalue weighted by atomic mass is 9.69. The summed E-state index contributed by atoms with van der Waals surface area (Å²) in [5.41, 5.74) is 0.842. The van der Waals surface area contributed by atoms with Gasteiger partial charge in [-0.1, -0.05) is 39.3 Å². The van der Waals surface area contributed by atoms with Crippen molar-refractivity contribution in [1.82, 2.24) is 5.32 Å². The van der Waals surface area contributed by atoms with Crippen LogP contribution in [-0.2, 0) is 9.59 Å². The summed E-state index contributed by atoms with van der Waals surface area (Å²) in [7, 11) is 1.53. The Morgan fingerprint density at radius 1 is 1.12 bits per heavy atom. The number of methoxy groups -OCH3 is 1. The van der Waals surface area contributed by atoms with Gasteiger partial charge in [-0.3, -0.25) is 9.59 Å². The zero-order chi connectivity index (χ0) is 18.4. The number of carbonyl (C=O) groups excluding carboxylic acids is 2. The summed E-state index contributed by atoms with van der Waals surface area (Å²) in [4.78, 5) is 24.3. The fourth-order valence-electron chi connectivity index (χ4n) is 3.49. The molecule has 1 aliphatic rings. The molecular weight excluding hydrogens is 316 g/mol. The third kappa shape index (κ3) is 4.97. The molecule has 5 heteroatoms. The smallest absolute Gasteiger partial charge is 0.313 e. The van der Waals surface area contributed by atoms with Crippen LogP contribution in [-0.4, -0.2) is 25.0 Å². The molecule has 2 rings (SSSR count). The number of rotatable bonds is 5. The minimum Gasteiger partial charge on any atom is -0.495 e. The van der Waals surface area contributed by atoms with Crippen LogP contribution in [0.2, 0.25) is 0 Å². The Balaban J connectivity index is 1.85. The SMILES string of the molecule is CCC(C)(C)C1CCC(NC(=O)C(=O)Nc2ccccc2OC)CC1. The fourth-order valence-corrected chi connectivity index (χ4v) is 3.49. The van der Waals surface area contributed by atoms with E-state index in [4.69, 9.17) is 4.74 Å². The molecule has 1 fully saturated rings. The molecule has 1 aromatic rings. The molecule has 0 unspecified atom stereocenters. The summed E-state index contributed by atoms with van der Waals surface area (Å²) in [5, 5.41) is 5.49. The Kier molecular flexibility index (Phi) is 6.45. The molecule has 2 N–H and O–H groups in total. The topological polar surface area (TPSA) is 67.4 Å². The predicted molar refractivity (Wildman–Crippen MR) is 99.6 cm³/mol. The Hall–Kier alpha value is -2.04. The molecule has 2 amide bonds. The van der Waals surface area contributed by atoms with E-state index in [1.165, 1.54) is 7.11 Å². The number of para-hydroxylation sites is 2. The summed E-state index contributed by atoms with van der Waals surface area (Å²) in [6, 6.07) is 7.13. The average Bonchev–Trinajstić information content (AvgIpc) is 2.62. The van der Waals surface area contributed by atoms with Crippen LogP contribution < -0.4 is 15.4 Å². The largest absolute Gasteiger partial charge is 0.495 e. The molecule has 0 spiro atoms. The van der Waals surface area contributed by atoms with E-state index >= 15 is 0 Å². The van der Waals surface area contributed by atoms with E-state index in [0.29, 0.717) is 22.8 Å². The van der Waals surface area contributed by atoms with Gasteiger partial charge in [-0.05, 0) is 49.1 Å². The molecule has 0 aromatic heterocycles. The predicted octanol–water partition coefficient (Wildman–Crippen LogP) is 3.74. The Morgan fingerprint density at radius 3 is 2.36 bits per heavy atom. The van der Waals surface area contributed by atoms with Crippen LogP contribution in [0.15, 0.2) is 24.3 Å². The molecule has 0 atom stereocenters. The number of anilines is 1. The second-order valence-corrected chi connectivity index (χ2v) is 7.52. The maximum Gasteiger partial charge on any atom is 0.313 e. The van der Waals surface area contributed by atoms with Gasteiger partial charge in [-0.25, -0.2) is 0 Å². The van der Waals surface area contributed by atoms with Crippen molar-refractivity contribution in [1.29, 1.82) is 0 Å². The second kappa shape index (κ2) is 8.37. The van der Waals surface area contributed by atoms with Gasteiger partial charge in [0, 0.05) is 6.04 Å². The van der Waals surface area contributed by atoms with Crippen LogP contribution in [0.25, 0.3) is 0 Å². The molecule has 1 aromatic carbocycles. The molecule has 0 aliphatic heterocycles. The molecule has 0 radical (unpaired) electrons. The first kappa shape index (κ1) is 19.3. The van der Waals surface area contributed by atoms with Crippen LogP contribution in [0, 0.1) is 11.3 Å². The van der Waals surface area contributed by atoms with Gasteiger partial charge >= 0.3 is 11.8 Å². The molecular formula is C20H30N2O3. The molecule has 0 bridgehead atoms. The van der Waals surface area contributed by atoms with Crippen LogP contribution >= 0.6 is 0 Å².